The lowest BCUT2D eigenvalue weighted by atomic mass is 9.36. The van der Waals surface area contributed by atoms with Gasteiger partial charge in [0.05, 0.1) is 5.56 Å². The van der Waals surface area contributed by atoms with Crippen molar-refractivity contribution in [1.82, 2.24) is 0 Å². The smallest absolute Gasteiger partial charge is 0.335 e. The molecular weight excluding hydrogens is 428 g/mol. The fourth-order valence-electron chi connectivity index (χ4n) is 11.4. The summed E-state index contributed by atoms with van der Waals surface area (Å²) in [6.07, 6.45) is 16.8. The summed E-state index contributed by atoms with van der Waals surface area (Å²) in [4.78, 5) is 11.4. The SMILES string of the molecule is CC12CCCC1C1CCC3C(C)(CCC4C(C)(C)C(c5ccc(C(=O)O)cc5)=CCC43C)C1CC2. The van der Waals surface area contributed by atoms with E-state index < -0.39 is 5.97 Å². The van der Waals surface area contributed by atoms with Crippen molar-refractivity contribution in [3.8, 4) is 0 Å². The van der Waals surface area contributed by atoms with E-state index in [0.29, 0.717) is 27.7 Å². The lowest BCUT2D eigenvalue weighted by molar-refractivity contribution is -0.176. The molecule has 1 aromatic carbocycles. The predicted octanol–water partition coefficient (Wildman–Crippen LogP) is 8.86. The molecule has 5 aliphatic rings. The molecule has 6 rings (SSSR count). The molecule has 0 radical (unpaired) electrons. The van der Waals surface area contributed by atoms with Crippen LogP contribution in [0.25, 0.3) is 5.57 Å². The van der Waals surface area contributed by atoms with E-state index in [0.717, 1.165) is 23.7 Å². The number of hydrogen-bond donors (Lipinski definition) is 1. The lowest BCUT2D eigenvalue weighted by Gasteiger charge is -2.68. The van der Waals surface area contributed by atoms with Crippen molar-refractivity contribution in [3.63, 3.8) is 0 Å². The third-order valence-corrected chi connectivity index (χ3v) is 13.0. The van der Waals surface area contributed by atoms with Crippen molar-refractivity contribution in [1.29, 1.82) is 0 Å². The molecule has 1 N–H and O–H groups in total. The zero-order chi connectivity index (χ0) is 24.8. The fourth-order valence-corrected chi connectivity index (χ4v) is 11.4. The van der Waals surface area contributed by atoms with Crippen LogP contribution in [0.5, 0.6) is 0 Å². The first-order valence-electron chi connectivity index (χ1n) is 14.6. The highest BCUT2D eigenvalue weighted by Crippen LogP contribution is 2.73. The molecule has 4 saturated carbocycles. The summed E-state index contributed by atoms with van der Waals surface area (Å²) in [7, 11) is 0. The van der Waals surface area contributed by atoms with Crippen LogP contribution in [0.3, 0.4) is 0 Å². The molecular formula is C33H46O2. The fraction of sp³-hybridized carbons (Fsp3) is 0.727. The molecule has 1 aromatic rings. The van der Waals surface area contributed by atoms with E-state index in [1.807, 2.05) is 12.1 Å². The summed E-state index contributed by atoms with van der Waals surface area (Å²) >= 11 is 0. The molecule has 2 heteroatoms. The molecule has 0 bridgehead atoms. The maximum Gasteiger partial charge on any atom is 0.335 e. The minimum Gasteiger partial charge on any atom is -0.478 e. The number of carboxylic acid groups (broad SMARTS) is 1. The maximum atomic E-state index is 11.4. The van der Waals surface area contributed by atoms with Gasteiger partial charge in [-0.15, -0.1) is 0 Å². The molecule has 8 atom stereocenters. The molecule has 0 aliphatic heterocycles. The number of fused-ring (bicyclic) bond motifs is 7. The molecule has 35 heavy (non-hydrogen) atoms. The summed E-state index contributed by atoms with van der Waals surface area (Å²) in [6, 6.07) is 7.64. The van der Waals surface area contributed by atoms with Crippen LogP contribution >= 0.6 is 0 Å². The van der Waals surface area contributed by atoms with Gasteiger partial charge < -0.3 is 5.11 Å². The highest BCUT2D eigenvalue weighted by Gasteiger charge is 2.64. The number of benzene rings is 1. The maximum absolute atomic E-state index is 11.4. The van der Waals surface area contributed by atoms with Gasteiger partial charge in [0.15, 0.2) is 0 Å². The van der Waals surface area contributed by atoms with E-state index in [4.69, 9.17) is 0 Å². The van der Waals surface area contributed by atoms with Gasteiger partial charge >= 0.3 is 5.97 Å². The van der Waals surface area contributed by atoms with E-state index in [9.17, 15) is 9.90 Å². The number of carboxylic acids is 1. The topological polar surface area (TPSA) is 37.3 Å². The molecule has 8 unspecified atom stereocenters. The Morgan fingerprint density at radius 3 is 2.26 bits per heavy atom. The Hall–Kier alpha value is -1.57. The van der Waals surface area contributed by atoms with E-state index in [1.165, 1.54) is 75.3 Å². The molecule has 0 amide bonds. The Bertz CT molecular complexity index is 1050. The first kappa shape index (κ1) is 23.8. The predicted molar refractivity (Wildman–Crippen MR) is 143 cm³/mol. The molecule has 0 spiro atoms. The lowest BCUT2D eigenvalue weighted by Crippen LogP contribution is -2.60. The molecule has 0 heterocycles. The summed E-state index contributed by atoms with van der Waals surface area (Å²) in [5.41, 5.74) is 4.65. The minimum atomic E-state index is -0.844. The Labute approximate surface area is 213 Å². The van der Waals surface area contributed by atoms with Crippen LogP contribution in [0, 0.1) is 51.2 Å². The number of carbonyl (C=O) groups is 1. The second kappa shape index (κ2) is 7.72. The number of aromatic carboxylic acids is 1. The van der Waals surface area contributed by atoms with E-state index in [-0.39, 0.29) is 5.41 Å². The average molecular weight is 475 g/mol. The van der Waals surface area contributed by atoms with E-state index >= 15 is 0 Å². The van der Waals surface area contributed by atoms with Crippen molar-refractivity contribution in [3.05, 3.63) is 41.5 Å². The summed E-state index contributed by atoms with van der Waals surface area (Å²) in [5.74, 6) is 3.58. The monoisotopic (exact) mass is 474 g/mol. The third-order valence-electron chi connectivity index (χ3n) is 13.0. The standard InChI is InChI=1S/C33H46O2/c1-30(2)24(21-8-10-22(11-9-21)29(34)35)15-19-33(5)27(30)16-20-32(4)26-14-18-31(3)17-6-7-25(31)23(26)12-13-28(32)33/h8-11,15,23,25-28H,6-7,12-14,16-20H2,1-5H3,(H,34,35). The zero-order valence-corrected chi connectivity index (χ0v) is 22.7. The van der Waals surface area contributed by atoms with Crippen molar-refractivity contribution in [2.75, 3.05) is 0 Å². The number of hydrogen-bond acceptors (Lipinski definition) is 1. The normalized spacial score (nSPS) is 46.0. The van der Waals surface area contributed by atoms with Crippen molar-refractivity contribution in [2.24, 2.45) is 51.2 Å². The van der Waals surface area contributed by atoms with Crippen LogP contribution in [-0.2, 0) is 0 Å². The third kappa shape index (κ3) is 3.23. The second-order valence-electron chi connectivity index (χ2n) is 14.6. The van der Waals surface area contributed by atoms with Crippen LogP contribution in [0.4, 0.5) is 0 Å². The average Bonchev–Trinajstić information content (AvgIpc) is 3.20. The number of rotatable bonds is 2. The summed E-state index contributed by atoms with van der Waals surface area (Å²) in [5, 5.41) is 9.34. The summed E-state index contributed by atoms with van der Waals surface area (Å²) in [6.45, 7) is 13.0. The molecule has 0 saturated heterocycles. The van der Waals surface area contributed by atoms with Gasteiger partial charge in [0.25, 0.3) is 0 Å². The first-order chi connectivity index (χ1) is 16.5. The van der Waals surface area contributed by atoms with Gasteiger partial charge in [0.1, 0.15) is 0 Å². The van der Waals surface area contributed by atoms with Gasteiger partial charge in [0.2, 0.25) is 0 Å². The van der Waals surface area contributed by atoms with Gasteiger partial charge in [-0.05, 0) is 132 Å². The zero-order valence-electron chi connectivity index (χ0n) is 22.7. The minimum absolute atomic E-state index is 0.104. The van der Waals surface area contributed by atoms with Crippen LogP contribution in [0.15, 0.2) is 30.3 Å². The molecule has 4 fully saturated rings. The molecule has 190 valence electrons. The van der Waals surface area contributed by atoms with Crippen LogP contribution in [-0.4, -0.2) is 11.1 Å². The van der Waals surface area contributed by atoms with Crippen LogP contribution < -0.4 is 0 Å². The van der Waals surface area contributed by atoms with E-state index in [1.54, 1.807) is 12.1 Å². The van der Waals surface area contributed by atoms with Crippen LogP contribution in [0.1, 0.15) is 115 Å². The van der Waals surface area contributed by atoms with Gasteiger partial charge in [-0.3, -0.25) is 0 Å². The quantitative estimate of drug-likeness (QED) is 0.465. The van der Waals surface area contributed by atoms with Crippen molar-refractivity contribution < 1.29 is 9.90 Å². The molecule has 2 nitrogen and oxygen atoms in total. The Kier molecular flexibility index (Phi) is 5.25. The van der Waals surface area contributed by atoms with Gasteiger partial charge in [-0.1, -0.05) is 59.2 Å². The highest BCUT2D eigenvalue weighted by atomic mass is 16.4. The highest BCUT2D eigenvalue weighted by molar-refractivity contribution is 5.88. The first-order valence-corrected chi connectivity index (χ1v) is 14.6. The van der Waals surface area contributed by atoms with Gasteiger partial charge in [0, 0.05) is 0 Å². The number of allylic oxidation sites excluding steroid dienone is 2. The molecule has 5 aliphatic carbocycles. The van der Waals surface area contributed by atoms with Crippen LogP contribution in [0.2, 0.25) is 0 Å². The van der Waals surface area contributed by atoms with E-state index in [2.05, 4.69) is 40.7 Å². The molecule has 0 aromatic heterocycles. The largest absolute Gasteiger partial charge is 0.478 e. The summed E-state index contributed by atoms with van der Waals surface area (Å²) < 4.78 is 0. The van der Waals surface area contributed by atoms with Gasteiger partial charge in [-0.25, -0.2) is 4.79 Å². The second-order valence-corrected chi connectivity index (χ2v) is 14.6. The van der Waals surface area contributed by atoms with Gasteiger partial charge in [-0.2, -0.15) is 0 Å². The Morgan fingerprint density at radius 2 is 1.54 bits per heavy atom. The Balaban J connectivity index is 1.33. The Morgan fingerprint density at radius 1 is 0.800 bits per heavy atom. The van der Waals surface area contributed by atoms with Crippen molar-refractivity contribution >= 4 is 11.5 Å². The van der Waals surface area contributed by atoms with Crippen molar-refractivity contribution in [2.45, 2.75) is 98.8 Å².